The SMILES string of the molecule is CC(NCC(C)(C)C(=O)O)C1CC1. The predicted molar refractivity (Wildman–Crippen MR) is 51.6 cm³/mol. The Kier molecular flexibility index (Phi) is 2.96. The monoisotopic (exact) mass is 185 g/mol. The molecule has 0 heterocycles. The molecule has 0 amide bonds. The minimum absolute atomic E-state index is 0.471. The van der Waals surface area contributed by atoms with E-state index in [1.807, 2.05) is 0 Å². The maximum atomic E-state index is 10.8. The molecule has 1 fully saturated rings. The van der Waals surface area contributed by atoms with Crippen molar-refractivity contribution in [3.8, 4) is 0 Å². The predicted octanol–water partition coefficient (Wildman–Crippen LogP) is 1.49. The zero-order valence-electron chi connectivity index (χ0n) is 8.63. The highest BCUT2D eigenvalue weighted by atomic mass is 16.4. The van der Waals surface area contributed by atoms with Crippen LogP contribution in [0.15, 0.2) is 0 Å². The Labute approximate surface area is 79.5 Å². The van der Waals surface area contributed by atoms with E-state index >= 15 is 0 Å². The van der Waals surface area contributed by atoms with Gasteiger partial charge in [-0.3, -0.25) is 4.79 Å². The fraction of sp³-hybridized carbons (Fsp3) is 0.900. The first-order chi connectivity index (χ1) is 5.93. The number of rotatable bonds is 5. The smallest absolute Gasteiger partial charge is 0.310 e. The Morgan fingerprint density at radius 2 is 2.15 bits per heavy atom. The van der Waals surface area contributed by atoms with Crippen molar-refractivity contribution in [1.29, 1.82) is 0 Å². The molecule has 0 aliphatic heterocycles. The molecule has 0 bridgehead atoms. The molecule has 3 nitrogen and oxygen atoms in total. The number of hydrogen-bond acceptors (Lipinski definition) is 2. The summed E-state index contributed by atoms with van der Waals surface area (Å²) >= 11 is 0. The van der Waals surface area contributed by atoms with Gasteiger partial charge in [0, 0.05) is 12.6 Å². The van der Waals surface area contributed by atoms with E-state index in [0.29, 0.717) is 12.6 Å². The summed E-state index contributed by atoms with van der Waals surface area (Å²) in [7, 11) is 0. The Morgan fingerprint density at radius 3 is 2.54 bits per heavy atom. The molecule has 2 N–H and O–H groups in total. The van der Waals surface area contributed by atoms with Crippen molar-refractivity contribution in [2.24, 2.45) is 11.3 Å². The van der Waals surface area contributed by atoms with Crippen molar-refractivity contribution in [2.75, 3.05) is 6.54 Å². The zero-order valence-corrected chi connectivity index (χ0v) is 8.63. The molecule has 0 saturated heterocycles. The van der Waals surface area contributed by atoms with Crippen LogP contribution < -0.4 is 5.32 Å². The van der Waals surface area contributed by atoms with Crippen LogP contribution in [0.5, 0.6) is 0 Å². The fourth-order valence-corrected chi connectivity index (χ4v) is 1.25. The van der Waals surface area contributed by atoms with Gasteiger partial charge >= 0.3 is 5.97 Å². The maximum absolute atomic E-state index is 10.8. The van der Waals surface area contributed by atoms with E-state index in [-0.39, 0.29) is 0 Å². The summed E-state index contributed by atoms with van der Waals surface area (Å²) in [5.41, 5.74) is -0.650. The molecule has 1 atom stereocenters. The number of carboxylic acids is 1. The van der Waals surface area contributed by atoms with Gasteiger partial charge < -0.3 is 10.4 Å². The highest BCUT2D eigenvalue weighted by molar-refractivity contribution is 5.73. The van der Waals surface area contributed by atoms with Crippen LogP contribution in [-0.4, -0.2) is 23.7 Å². The standard InChI is InChI=1S/C10H19NO2/c1-7(8-4-5-8)11-6-10(2,3)9(12)13/h7-8,11H,4-6H2,1-3H3,(H,12,13). The van der Waals surface area contributed by atoms with Crippen LogP contribution in [0.3, 0.4) is 0 Å². The summed E-state index contributed by atoms with van der Waals surface area (Å²) in [5, 5.41) is 12.2. The number of hydrogen-bond donors (Lipinski definition) is 2. The molecule has 1 saturated carbocycles. The van der Waals surface area contributed by atoms with Crippen molar-refractivity contribution in [2.45, 2.75) is 39.7 Å². The van der Waals surface area contributed by atoms with Crippen molar-refractivity contribution in [3.63, 3.8) is 0 Å². The van der Waals surface area contributed by atoms with Gasteiger partial charge in [-0.05, 0) is 39.5 Å². The fourth-order valence-electron chi connectivity index (χ4n) is 1.25. The first-order valence-corrected chi connectivity index (χ1v) is 4.90. The Balaban J connectivity index is 2.27. The summed E-state index contributed by atoms with van der Waals surface area (Å²) in [6.07, 6.45) is 2.59. The largest absolute Gasteiger partial charge is 0.481 e. The van der Waals surface area contributed by atoms with Gasteiger partial charge in [0.05, 0.1) is 5.41 Å². The van der Waals surface area contributed by atoms with Crippen LogP contribution in [0.25, 0.3) is 0 Å². The average Bonchev–Trinajstić information content (AvgIpc) is 2.82. The van der Waals surface area contributed by atoms with E-state index < -0.39 is 11.4 Å². The van der Waals surface area contributed by atoms with E-state index in [1.165, 1.54) is 12.8 Å². The van der Waals surface area contributed by atoms with E-state index in [0.717, 1.165) is 5.92 Å². The molecule has 0 spiro atoms. The highest BCUT2D eigenvalue weighted by Crippen LogP contribution is 2.32. The minimum atomic E-state index is -0.733. The first-order valence-electron chi connectivity index (χ1n) is 4.90. The van der Waals surface area contributed by atoms with Gasteiger partial charge in [-0.15, -0.1) is 0 Å². The molecule has 0 aromatic carbocycles. The number of nitrogens with one attached hydrogen (secondary N) is 1. The lowest BCUT2D eigenvalue weighted by Gasteiger charge is -2.22. The molecule has 76 valence electrons. The summed E-state index contributed by atoms with van der Waals surface area (Å²) in [6, 6.07) is 0.471. The molecule has 0 aromatic heterocycles. The van der Waals surface area contributed by atoms with Crippen LogP contribution in [0.1, 0.15) is 33.6 Å². The normalized spacial score (nSPS) is 19.9. The van der Waals surface area contributed by atoms with E-state index in [4.69, 9.17) is 5.11 Å². The number of carboxylic acid groups (broad SMARTS) is 1. The number of carbonyl (C=O) groups is 1. The molecule has 1 rings (SSSR count). The maximum Gasteiger partial charge on any atom is 0.310 e. The lowest BCUT2D eigenvalue weighted by Crippen LogP contribution is -2.40. The summed E-state index contributed by atoms with van der Waals surface area (Å²) in [4.78, 5) is 10.8. The lowest BCUT2D eigenvalue weighted by atomic mass is 9.93. The lowest BCUT2D eigenvalue weighted by molar-refractivity contribution is -0.146. The van der Waals surface area contributed by atoms with Gasteiger partial charge in [0.1, 0.15) is 0 Å². The second-order valence-corrected chi connectivity index (χ2v) is 4.70. The van der Waals surface area contributed by atoms with Gasteiger partial charge in [0.25, 0.3) is 0 Å². The van der Waals surface area contributed by atoms with Crippen LogP contribution >= 0.6 is 0 Å². The van der Waals surface area contributed by atoms with Gasteiger partial charge in [0.15, 0.2) is 0 Å². The van der Waals surface area contributed by atoms with E-state index in [1.54, 1.807) is 13.8 Å². The van der Waals surface area contributed by atoms with Crippen LogP contribution in [0.2, 0.25) is 0 Å². The highest BCUT2D eigenvalue weighted by Gasteiger charge is 2.31. The van der Waals surface area contributed by atoms with Crippen molar-refractivity contribution in [1.82, 2.24) is 5.32 Å². The molecular weight excluding hydrogens is 166 g/mol. The Bertz CT molecular complexity index is 197. The van der Waals surface area contributed by atoms with Gasteiger partial charge in [-0.1, -0.05) is 0 Å². The summed E-state index contributed by atoms with van der Waals surface area (Å²) in [5.74, 6) is 0.0487. The Morgan fingerprint density at radius 1 is 1.62 bits per heavy atom. The average molecular weight is 185 g/mol. The minimum Gasteiger partial charge on any atom is -0.481 e. The van der Waals surface area contributed by atoms with E-state index in [2.05, 4.69) is 12.2 Å². The van der Waals surface area contributed by atoms with Crippen LogP contribution in [0.4, 0.5) is 0 Å². The molecule has 13 heavy (non-hydrogen) atoms. The van der Waals surface area contributed by atoms with Crippen molar-refractivity contribution < 1.29 is 9.90 Å². The van der Waals surface area contributed by atoms with Gasteiger partial charge in [0.2, 0.25) is 0 Å². The topological polar surface area (TPSA) is 49.3 Å². The second-order valence-electron chi connectivity index (χ2n) is 4.70. The van der Waals surface area contributed by atoms with Crippen molar-refractivity contribution in [3.05, 3.63) is 0 Å². The number of aliphatic carboxylic acids is 1. The molecule has 3 heteroatoms. The third-order valence-corrected chi connectivity index (χ3v) is 2.77. The first kappa shape index (κ1) is 10.5. The van der Waals surface area contributed by atoms with Crippen molar-refractivity contribution >= 4 is 5.97 Å². The van der Waals surface area contributed by atoms with Crippen LogP contribution in [0, 0.1) is 11.3 Å². The third-order valence-electron chi connectivity index (χ3n) is 2.77. The molecule has 1 aliphatic rings. The van der Waals surface area contributed by atoms with Gasteiger partial charge in [-0.2, -0.15) is 0 Å². The van der Waals surface area contributed by atoms with E-state index in [9.17, 15) is 4.79 Å². The zero-order chi connectivity index (χ0) is 10.1. The molecular formula is C10H19NO2. The quantitative estimate of drug-likeness (QED) is 0.682. The molecule has 0 radical (unpaired) electrons. The van der Waals surface area contributed by atoms with Crippen LogP contribution in [-0.2, 0) is 4.79 Å². The van der Waals surface area contributed by atoms with Gasteiger partial charge in [-0.25, -0.2) is 0 Å². The Hall–Kier alpha value is -0.570. The third kappa shape index (κ3) is 2.99. The molecule has 1 unspecified atom stereocenters. The summed E-state index contributed by atoms with van der Waals surface area (Å²) in [6.45, 7) is 6.19. The summed E-state index contributed by atoms with van der Waals surface area (Å²) < 4.78 is 0. The molecule has 1 aliphatic carbocycles. The molecule has 0 aromatic rings. The second kappa shape index (κ2) is 3.66.